The van der Waals surface area contributed by atoms with E-state index in [1.165, 1.54) is 17.3 Å². The minimum absolute atomic E-state index is 0.972. The molecule has 0 radical (unpaired) electrons. The van der Waals surface area contributed by atoms with Crippen molar-refractivity contribution >= 4 is 40.5 Å². The molecule has 0 aliphatic heterocycles. The van der Waals surface area contributed by atoms with Crippen molar-refractivity contribution in [3.63, 3.8) is 0 Å². The first-order chi connectivity index (χ1) is 5.20. The summed E-state index contributed by atoms with van der Waals surface area (Å²) in [5, 5.41) is 18.9. The molecule has 1 heterocycles. The van der Waals surface area contributed by atoms with Gasteiger partial charge in [-0.25, -0.2) is 0 Å². The Morgan fingerprint density at radius 3 is 2.73 bits per heavy atom. The summed E-state index contributed by atoms with van der Waals surface area (Å²) >= 11 is 4.85. The van der Waals surface area contributed by atoms with E-state index in [9.17, 15) is 0 Å². The molecular formula is C6H6BBrO2S. The van der Waals surface area contributed by atoms with Gasteiger partial charge >= 0.3 is 7.12 Å². The van der Waals surface area contributed by atoms with Gasteiger partial charge in [0.2, 0.25) is 0 Å². The molecule has 58 valence electrons. The first-order valence-electron chi connectivity index (χ1n) is 2.97. The summed E-state index contributed by atoms with van der Waals surface area (Å²) in [6, 6.07) is 1.91. The molecule has 0 saturated carbocycles. The van der Waals surface area contributed by atoms with Crippen LogP contribution in [0.2, 0.25) is 0 Å². The largest absolute Gasteiger partial charge is 0.480 e. The van der Waals surface area contributed by atoms with Gasteiger partial charge in [0.1, 0.15) is 0 Å². The molecule has 0 fully saturated rings. The van der Waals surface area contributed by atoms with Crippen molar-refractivity contribution in [2.75, 3.05) is 0 Å². The SMILES string of the molecule is OB(O)/C=C/c1sccc1Br. The van der Waals surface area contributed by atoms with Gasteiger partial charge in [0.05, 0.1) is 0 Å². The van der Waals surface area contributed by atoms with Crippen LogP contribution in [-0.2, 0) is 0 Å². The molecule has 1 aromatic rings. The monoisotopic (exact) mass is 232 g/mol. The molecule has 5 heteroatoms. The van der Waals surface area contributed by atoms with Crippen LogP contribution >= 0.6 is 27.3 Å². The Bertz CT molecular complexity index is 259. The average Bonchev–Trinajstić information content (AvgIpc) is 2.31. The number of rotatable bonds is 2. The number of thiophene rings is 1. The Hall–Kier alpha value is -0.0951. The first-order valence-corrected chi connectivity index (χ1v) is 4.65. The number of halogens is 1. The van der Waals surface area contributed by atoms with Gasteiger partial charge in [0.15, 0.2) is 0 Å². The summed E-state index contributed by atoms with van der Waals surface area (Å²) in [4.78, 5) is 0.984. The van der Waals surface area contributed by atoms with Crippen LogP contribution in [0, 0.1) is 0 Å². The zero-order valence-electron chi connectivity index (χ0n) is 5.57. The highest BCUT2D eigenvalue weighted by Gasteiger charge is 2.00. The van der Waals surface area contributed by atoms with Gasteiger partial charge in [0, 0.05) is 9.35 Å². The van der Waals surface area contributed by atoms with Gasteiger partial charge in [-0.05, 0) is 27.4 Å². The fourth-order valence-electron chi connectivity index (χ4n) is 0.598. The third-order valence-electron chi connectivity index (χ3n) is 1.06. The summed E-state index contributed by atoms with van der Waals surface area (Å²) in [6.45, 7) is 0. The zero-order valence-corrected chi connectivity index (χ0v) is 7.97. The van der Waals surface area contributed by atoms with E-state index in [1.54, 1.807) is 6.08 Å². The lowest BCUT2D eigenvalue weighted by molar-refractivity contribution is 0.424. The van der Waals surface area contributed by atoms with Crippen LogP contribution in [0.3, 0.4) is 0 Å². The van der Waals surface area contributed by atoms with E-state index >= 15 is 0 Å². The Morgan fingerprint density at radius 2 is 2.27 bits per heavy atom. The normalized spacial score (nSPS) is 10.8. The molecule has 2 N–H and O–H groups in total. The van der Waals surface area contributed by atoms with Crippen molar-refractivity contribution in [3.05, 3.63) is 26.8 Å². The smallest absolute Gasteiger partial charge is 0.424 e. The predicted molar refractivity (Wildman–Crippen MR) is 51.2 cm³/mol. The highest BCUT2D eigenvalue weighted by atomic mass is 79.9. The first kappa shape index (κ1) is 9.00. The van der Waals surface area contributed by atoms with Crippen molar-refractivity contribution in [1.29, 1.82) is 0 Å². The molecule has 0 aromatic carbocycles. The molecule has 0 spiro atoms. The maximum atomic E-state index is 8.50. The summed E-state index contributed by atoms with van der Waals surface area (Å²) in [7, 11) is -1.37. The Kier molecular flexibility index (Phi) is 3.32. The van der Waals surface area contributed by atoms with E-state index in [4.69, 9.17) is 10.0 Å². The van der Waals surface area contributed by atoms with Crippen molar-refractivity contribution < 1.29 is 10.0 Å². The van der Waals surface area contributed by atoms with Crippen molar-refractivity contribution in [3.8, 4) is 0 Å². The van der Waals surface area contributed by atoms with E-state index in [0.717, 1.165) is 9.35 Å². The minimum Gasteiger partial charge on any atom is -0.424 e. The van der Waals surface area contributed by atoms with Crippen molar-refractivity contribution in [1.82, 2.24) is 0 Å². The fourth-order valence-corrected chi connectivity index (χ4v) is 2.01. The summed E-state index contributed by atoms with van der Waals surface area (Å²) in [5.74, 6) is 1.32. The fraction of sp³-hybridized carbons (Fsp3) is 0. The Balaban J connectivity index is 2.71. The predicted octanol–water partition coefficient (Wildman–Crippen LogP) is 1.54. The molecule has 0 aliphatic carbocycles. The van der Waals surface area contributed by atoms with E-state index in [-0.39, 0.29) is 0 Å². The highest BCUT2D eigenvalue weighted by molar-refractivity contribution is 9.10. The summed E-state index contributed by atoms with van der Waals surface area (Å²) in [6.07, 6.45) is 1.67. The highest BCUT2D eigenvalue weighted by Crippen LogP contribution is 2.23. The van der Waals surface area contributed by atoms with Gasteiger partial charge < -0.3 is 10.0 Å². The van der Waals surface area contributed by atoms with Gasteiger partial charge in [-0.3, -0.25) is 0 Å². The second kappa shape index (κ2) is 4.06. The molecule has 0 unspecified atom stereocenters. The van der Waals surface area contributed by atoms with E-state index in [2.05, 4.69) is 15.9 Å². The minimum atomic E-state index is -1.37. The van der Waals surface area contributed by atoms with Crippen LogP contribution in [0.4, 0.5) is 0 Å². The van der Waals surface area contributed by atoms with E-state index in [1.807, 2.05) is 11.4 Å². The van der Waals surface area contributed by atoms with Crippen LogP contribution in [0.25, 0.3) is 6.08 Å². The third-order valence-corrected chi connectivity index (χ3v) is 2.90. The molecule has 0 atom stereocenters. The lowest BCUT2D eigenvalue weighted by Gasteiger charge is -1.87. The molecule has 0 bridgehead atoms. The second-order valence-electron chi connectivity index (χ2n) is 1.91. The maximum Gasteiger partial charge on any atom is 0.480 e. The molecule has 11 heavy (non-hydrogen) atoms. The van der Waals surface area contributed by atoms with Gasteiger partial charge in [-0.1, -0.05) is 12.1 Å². The Labute approximate surface area is 77.5 Å². The van der Waals surface area contributed by atoms with Crippen LogP contribution in [0.1, 0.15) is 4.88 Å². The third kappa shape index (κ3) is 2.79. The molecule has 0 aliphatic rings. The molecule has 0 amide bonds. The molecular weight excluding hydrogens is 227 g/mol. The number of hydrogen-bond acceptors (Lipinski definition) is 3. The quantitative estimate of drug-likeness (QED) is 0.760. The van der Waals surface area contributed by atoms with Gasteiger partial charge in [-0.15, -0.1) is 11.3 Å². The number of hydrogen-bond donors (Lipinski definition) is 2. The van der Waals surface area contributed by atoms with Crippen LogP contribution in [-0.4, -0.2) is 17.2 Å². The lowest BCUT2D eigenvalue weighted by Crippen LogP contribution is -2.05. The standard InChI is InChI=1S/C6H6BBrO2S/c8-5-2-4-11-6(5)1-3-7(9)10/h1-4,9-10H/b3-1+. The molecule has 0 saturated heterocycles. The Morgan fingerprint density at radius 1 is 1.55 bits per heavy atom. The molecule has 1 aromatic heterocycles. The second-order valence-corrected chi connectivity index (χ2v) is 3.71. The summed E-state index contributed by atoms with van der Waals surface area (Å²) < 4.78 is 0.972. The van der Waals surface area contributed by atoms with Crippen molar-refractivity contribution in [2.45, 2.75) is 0 Å². The van der Waals surface area contributed by atoms with Gasteiger partial charge in [-0.2, -0.15) is 0 Å². The molecule has 2 nitrogen and oxygen atoms in total. The molecule has 1 rings (SSSR count). The van der Waals surface area contributed by atoms with E-state index < -0.39 is 7.12 Å². The lowest BCUT2D eigenvalue weighted by atomic mass is 9.92. The summed E-state index contributed by atoms with van der Waals surface area (Å²) in [5.41, 5.74) is 0. The van der Waals surface area contributed by atoms with Crippen LogP contribution in [0.15, 0.2) is 21.9 Å². The zero-order chi connectivity index (χ0) is 8.27. The average molecular weight is 233 g/mol. The topological polar surface area (TPSA) is 40.5 Å². The van der Waals surface area contributed by atoms with Crippen molar-refractivity contribution in [2.24, 2.45) is 0 Å². The van der Waals surface area contributed by atoms with Gasteiger partial charge in [0.25, 0.3) is 0 Å². The maximum absolute atomic E-state index is 8.50. The van der Waals surface area contributed by atoms with Crippen LogP contribution in [0.5, 0.6) is 0 Å². The van der Waals surface area contributed by atoms with E-state index in [0.29, 0.717) is 0 Å². The van der Waals surface area contributed by atoms with Crippen LogP contribution < -0.4 is 0 Å².